The molecule has 2 unspecified atom stereocenters. The van der Waals surface area contributed by atoms with Gasteiger partial charge in [0.1, 0.15) is 5.60 Å². The van der Waals surface area contributed by atoms with Gasteiger partial charge in [-0.15, -0.1) is 0 Å². The zero-order valence-corrected chi connectivity index (χ0v) is 19.7. The van der Waals surface area contributed by atoms with Crippen LogP contribution in [0.2, 0.25) is 0 Å². The Morgan fingerprint density at radius 2 is 1.79 bits per heavy atom. The third-order valence-corrected chi connectivity index (χ3v) is 6.65. The largest absolute Gasteiger partial charge is 0.465 e. The van der Waals surface area contributed by atoms with Crippen LogP contribution in [0.4, 0.5) is 15.3 Å². The van der Waals surface area contributed by atoms with Crippen molar-refractivity contribution in [1.29, 1.82) is 0 Å². The summed E-state index contributed by atoms with van der Waals surface area (Å²) < 4.78 is 10.8. The number of esters is 1. The number of ether oxygens (including phenoxy) is 2. The van der Waals surface area contributed by atoms with Gasteiger partial charge in [-0.2, -0.15) is 0 Å². The van der Waals surface area contributed by atoms with Crippen LogP contribution < -0.4 is 5.32 Å². The standard InChI is InChI=1S/C25H33N3O5/c1-17-13-19-16-32-21(29)25(19,14-17)15-18-5-7-20(8-6-18)26-22(30)27-9-11-28(12-10-27)23(31)33-24(2,3)4/h5-8,19H,1,9-16H2,2-4H3,(H,26,30). The van der Waals surface area contributed by atoms with E-state index in [1.165, 1.54) is 0 Å². The molecule has 33 heavy (non-hydrogen) atoms. The minimum absolute atomic E-state index is 0.117. The number of rotatable bonds is 3. The summed E-state index contributed by atoms with van der Waals surface area (Å²) in [4.78, 5) is 40.7. The number of benzene rings is 1. The molecule has 1 aromatic carbocycles. The third-order valence-electron chi connectivity index (χ3n) is 6.65. The minimum Gasteiger partial charge on any atom is -0.465 e. The summed E-state index contributed by atoms with van der Waals surface area (Å²) >= 11 is 0. The highest BCUT2D eigenvalue weighted by Crippen LogP contribution is 2.52. The number of anilines is 1. The molecule has 2 heterocycles. The van der Waals surface area contributed by atoms with Gasteiger partial charge in [-0.25, -0.2) is 9.59 Å². The maximum atomic E-state index is 12.7. The summed E-state index contributed by atoms with van der Waals surface area (Å²) in [6.45, 7) is 11.8. The Labute approximate surface area is 194 Å². The van der Waals surface area contributed by atoms with E-state index in [0.29, 0.717) is 51.3 Å². The van der Waals surface area contributed by atoms with E-state index in [2.05, 4.69) is 11.9 Å². The second kappa shape index (κ2) is 8.72. The van der Waals surface area contributed by atoms with Crippen LogP contribution in [0, 0.1) is 11.3 Å². The second-order valence-corrected chi connectivity index (χ2v) is 10.3. The number of fused-ring (bicyclic) bond motifs is 1. The van der Waals surface area contributed by atoms with Crippen molar-refractivity contribution in [2.75, 3.05) is 38.1 Å². The van der Waals surface area contributed by atoms with Gasteiger partial charge in [0.2, 0.25) is 0 Å². The van der Waals surface area contributed by atoms with Crippen molar-refractivity contribution in [3.05, 3.63) is 42.0 Å². The summed E-state index contributed by atoms with van der Waals surface area (Å²) in [5, 5.41) is 2.92. The number of hydrogen-bond acceptors (Lipinski definition) is 5. The predicted octanol–water partition coefficient (Wildman–Crippen LogP) is 3.82. The number of urea groups is 1. The number of carbonyl (C=O) groups excluding carboxylic acids is 3. The first-order chi connectivity index (χ1) is 15.6. The molecule has 2 aliphatic heterocycles. The number of cyclic esters (lactones) is 1. The Kier molecular flexibility index (Phi) is 6.12. The van der Waals surface area contributed by atoms with E-state index in [-0.39, 0.29) is 24.0 Å². The quantitative estimate of drug-likeness (QED) is 0.553. The number of nitrogens with zero attached hydrogens (tertiary/aromatic N) is 2. The van der Waals surface area contributed by atoms with Gasteiger partial charge in [0, 0.05) is 37.8 Å². The number of nitrogens with one attached hydrogen (secondary N) is 1. The molecule has 1 N–H and O–H groups in total. The van der Waals surface area contributed by atoms with Crippen LogP contribution in [0.1, 0.15) is 39.2 Å². The summed E-state index contributed by atoms with van der Waals surface area (Å²) in [5.41, 5.74) is 1.82. The SMILES string of the molecule is C=C1CC2COC(=O)C2(Cc2ccc(NC(=O)N3CCN(C(=O)OC(C)(C)C)CC3)cc2)C1. The maximum absolute atomic E-state index is 12.7. The lowest BCUT2D eigenvalue weighted by atomic mass is 9.75. The molecule has 8 nitrogen and oxygen atoms in total. The van der Waals surface area contributed by atoms with E-state index in [1.807, 2.05) is 45.0 Å². The fourth-order valence-corrected chi connectivity index (χ4v) is 4.95. The molecule has 0 spiro atoms. The summed E-state index contributed by atoms with van der Waals surface area (Å²) in [6.07, 6.45) is 1.80. The van der Waals surface area contributed by atoms with Gasteiger partial charge < -0.3 is 24.6 Å². The average Bonchev–Trinajstić information content (AvgIpc) is 3.22. The van der Waals surface area contributed by atoms with Crippen molar-refractivity contribution in [3.8, 4) is 0 Å². The number of piperazine rings is 1. The summed E-state index contributed by atoms with van der Waals surface area (Å²) in [7, 11) is 0. The minimum atomic E-state index is -0.540. The van der Waals surface area contributed by atoms with Gasteiger partial charge in [0.05, 0.1) is 12.0 Å². The monoisotopic (exact) mass is 455 g/mol. The fourth-order valence-electron chi connectivity index (χ4n) is 4.95. The first kappa shape index (κ1) is 23.1. The molecule has 0 aromatic heterocycles. The Hall–Kier alpha value is -3.03. The maximum Gasteiger partial charge on any atom is 0.410 e. The predicted molar refractivity (Wildman–Crippen MR) is 124 cm³/mol. The Morgan fingerprint density at radius 3 is 2.42 bits per heavy atom. The molecule has 3 amide bonds. The van der Waals surface area contributed by atoms with Crippen LogP contribution in [-0.2, 0) is 20.7 Å². The van der Waals surface area contributed by atoms with E-state index in [4.69, 9.17) is 9.47 Å². The molecular formula is C25H33N3O5. The lowest BCUT2D eigenvalue weighted by Gasteiger charge is -2.35. The van der Waals surface area contributed by atoms with Gasteiger partial charge in [-0.1, -0.05) is 24.3 Å². The molecule has 0 radical (unpaired) electrons. The first-order valence-corrected chi connectivity index (χ1v) is 11.5. The Balaban J connectivity index is 1.30. The molecule has 2 saturated heterocycles. The van der Waals surface area contributed by atoms with Crippen LogP contribution in [0.25, 0.3) is 0 Å². The number of amides is 3. The first-order valence-electron chi connectivity index (χ1n) is 11.5. The van der Waals surface area contributed by atoms with Gasteiger partial charge in [0.15, 0.2) is 0 Å². The fraction of sp³-hybridized carbons (Fsp3) is 0.560. The molecule has 3 aliphatic rings. The van der Waals surface area contributed by atoms with Crippen molar-refractivity contribution in [1.82, 2.24) is 9.80 Å². The highest BCUT2D eigenvalue weighted by Gasteiger charge is 2.55. The lowest BCUT2D eigenvalue weighted by Crippen LogP contribution is -2.52. The van der Waals surface area contributed by atoms with Crippen LogP contribution >= 0.6 is 0 Å². The average molecular weight is 456 g/mol. The number of allylic oxidation sites excluding steroid dienone is 1. The van der Waals surface area contributed by atoms with Crippen molar-refractivity contribution in [3.63, 3.8) is 0 Å². The molecule has 178 valence electrons. The van der Waals surface area contributed by atoms with E-state index in [1.54, 1.807) is 9.80 Å². The molecule has 1 aliphatic carbocycles. The molecule has 1 saturated carbocycles. The van der Waals surface area contributed by atoms with E-state index >= 15 is 0 Å². The molecule has 4 rings (SSSR count). The zero-order valence-electron chi connectivity index (χ0n) is 19.7. The topological polar surface area (TPSA) is 88.2 Å². The Bertz CT molecular complexity index is 944. The molecule has 1 aromatic rings. The summed E-state index contributed by atoms with van der Waals surface area (Å²) in [6, 6.07) is 7.43. The van der Waals surface area contributed by atoms with Crippen LogP contribution in [0.3, 0.4) is 0 Å². The highest BCUT2D eigenvalue weighted by atomic mass is 16.6. The van der Waals surface area contributed by atoms with E-state index < -0.39 is 11.0 Å². The third kappa shape index (κ3) is 4.99. The van der Waals surface area contributed by atoms with Crippen LogP contribution in [0.15, 0.2) is 36.4 Å². The molecule has 2 atom stereocenters. The molecule has 0 bridgehead atoms. The molecule has 3 fully saturated rings. The Morgan fingerprint density at radius 1 is 1.15 bits per heavy atom. The van der Waals surface area contributed by atoms with Crippen molar-refractivity contribution >= 4 is 23.8 Å². The van der Waals surface area contributed by atoms with Gasteiger partial charge >= 0.3 is 18.1 Å². The van der Waals surface area contributed by atoms with Crippen LogP contribution in [0.5, 0.6) is 0 Å². The second-order valence-electron chi connectivity index (χ2n) is 10.3. The lowest BCUT2D eigenvalue weighted by molar-refractivity contribution is -0.146. The van der Waals surface area contributed by atoms with Gasteiger partial charge in [-0.3, -0.25) is 4.79 Å². The molecular weight excluding hydrogens is 422 g/mol. The highest BCUT2D eigenvalue weighted by molar-refractivity contribution is 5.89. The normalized spacial score (nSPS) is 25.0. The van der Waals surface area contributed by atoms with Crippen LogP contribution in [-0.4, -0.2) is 66.3 Å². The smallest absolute Gasteiger partial charge is 0.410 e. The van der Waals surface area contributed by atoms with E-state index in [9.17, 15) is 14.4 Å². The van der Waals surface area contributed by atoms with Crippen molar-refractivity contribution in [2.45, 2.75) is 45.6 Å². The summed E-state index contributed by atoms with van der Waals surface area (Å²) in [5.74, 6) is 0.0882. The van der Waals surface area contributed by atoms with Gasteiger partial charge in [0.25, 0.3) is 0 Å². The zero-order chi connectivity index (χ0) is 23.8. The number of hydrogen-bond donors (Lipinski definition) is 1. The number of carbonyl (C=O) groups is 3. The van der Waals surface area contributed by atoms with Gasteiger partial charge in [-0.05, 0) is 57.7 Å². The van der Waals surface area contributed by atoms with Crippen molar-refractivity contribution in [2.24, 2.45) is 11.3 Å². The molecule has 8 heteroatoms. The van der Waals surface area contributed by atoms with E-state index in [0.717, 1.165) is 17.6 Å². The van der Waals surface area contributed by atoms with Crippen molar-refractivity contribution < 1.29 is 23.9 Å².